The third-order valence-electron chi connectivity index (χ3n) is 5.22. The molecule has 1 N–H and O–H groups in total. The molecule has 0 spiro atoms. The second-order valence-electron chi connectivity index (χ2n) is 7.93. The lowest BCUT2D eigenvalue weighted by molar-refractivity contribution is -0.136. The number of hydrogen-bond donors (Lipinski definition) is 1. The highest BCUT2D eigenvalue weighted by Gasteiger charge is 2.35. The number of sulfonamides is 1. The van der Waals surface area contributed by atoms with Gasteiger partial charge in [0.2, 0.25) is 0 Å². The number of fused-ring (bicyclic) bond motifs is 1. The van der Waals surface area contributed by atoms with Gasteiger partial charge in [-0.15, -0.1) is 0 Å². The summed E-state index contributed by atoms with van der Waals surface area (Å²) < 4.78 is 48.4. The van der Waals surface area contributed by atoms with Crippen molar-refractivity contribution in [2.75, 3.05) is 13.1 Å². The van der Waals surface area contributed by atoms with Crippen LogP contribution >= 0.6 is 0 Å². The number of carbonyl (C=O) groups is 1. The van der Waals surface area contributed by atoms with E-state index in [0.717, 1.165) is 0 Å². The minimum atomic E-state index is -3.84. The van der Waals surface area contributed by atoms with Crippen LogP contribution < -0.4 is 4.74 Å². The fourth-order valence-electron chi connectivity index (χ4n) is 3.85. The molecule has 1 saturated heterocycles. The number of ether oxygens (including phenoxy) is 1. The van der Waals surface area contributed by atoms with E-state index < -0.39 is 21.8 Å². The van der Waals surface area contributed by atoms with Gasteiger partial charge in [-0.2, -0.15) is 9.40 Å². The topological polar surface area (TPSA) is 115 Å². The molecule has 0 bridgehead atoms. The van der Waals surface area contributed by atoms with Crippen LogP contribution in [0.3, 0.4) is 0 Å². The van der Waals surface area contributed by atoms with E-state index in [2.05, 4.69) is 10.1 Å². The van der Waals surface area contributed by atoms with Crippen LogP contribution in [0.1, 0.15) is 32.0 Å². The van der Waals surface area contributed by atoms with Crippen LogP contribution in [0.4, 0.5) is 4.39 Å². The third-order valence-corrected chi connectivity index (χ3v) is 7.00. The Morgan fingerprint density at radius 3 is 2.75 bits per heavy atom. The second-order valence-corrected chi connectivity index (χ2v) is 9.81. The van der Waals surface area contributed by atoms with E-state index >= 15 is 0 Å². The maximum Gasteiger partial charge on any atom is 0.309 e. The lowest BCUT2D eigenvalue weighted by Gasteiger charge is -2.17. The van der Waals surface area contributed by atoms with E-state index in [1.54, 1.807) is 10.7 Å². The van der Waals surface area contributed by atoms with Crippen molar-refractivity contribution in [3.63, 3.8) is 0 Å². The quantitative estimate of drug-likeness (QED) is 0.574. The van der Waals surface area contributed by atoms with Crippen molar-refractivity contribution in [2.24, 2.45) is 0 Å². The average molecular weight is 463 g/mol. The molecule has 3 aromatic rings. The molecule has 1 fully saturated rings. The first-order valence-corrected chi connectivity index (χ1v) is 11.6. The number of benzene rings is 1. The first kappa shape index (κ1) is 22.2. The Balaban J connectivity index is 1.60. The molecule has 11 heteroatoms. The largest absolute Gasteiger partial charge is 0.489 e. The summed E-state index contributed by atoms with van der Waals surface area (Å²) in [5, 5.41) is 14.0. The highest BCUT2D eigenvalue weighted by Crippen LogP contribution is 2.31. The lowest BCUT2D eigenvalue weighted by Crippen LogP contribution is -2.30. The first-order valence-electron chi connectivity index (χ1n) is 10.2. The van der Waals surface area contributed by atoms with E-state index in [9.17, 15) is 22.7 Å². The normalized spacial score (nSPS) is 17.3. The zero-order valence-corrected chi connectivity index (χ0v) is 18.4. The molecule has 1 aliphatic rings. The van der Waals surface area contributed by atoms with Gasteiger partial charge in [-0.25, -0.2) is 17.8 Å². The Bertz CT molecular complexity index is 1260. The molecule has 0 unspecified atom stereocenters. The van der Waals surface area contributed by atoms with Crippen molar-refractivity contribution in [1.82, 2.24) is 19.1 Å². The summed E-state index contributed by atoms with van der Waals surface area (Å²) in [6.07, 6.45) is 1.47. The van der Waals surface area contributed by atoms with Crippen LogP contribution in [-0.2, 0) is 21.2 Å². The predicted molar refractivity (Wildman–Crippen MR) is 113 cm³/mol. The molecule has 2 aromatic heterocycles. The van der Waals surface area contributed by atoms with E-state index in [0.29, 0.717) is 28.8 Å². The summed E-state index contributed by atoms with van der Waals surface area (Å²) in [5.41, 5.74) is 0.759. The number of hydrogen-bond acceptors (Lipinski definition) is 6. The molecule has 1 atom stereocenters. The second kappa shape index (κ2) is 8.47. The molecule has 3 heterocycles. The summed E-state index contributed by atoms with van der Waals surface area (Å²) in [6, 6.07) is 6.66. The zero-order valence-electron chi connectivity index (χ0n) is 17.6. The maximum atomic E-state index is 13.9. The van der Waals surface area contributed by atoms with Gasteiger partial charge in [0.05, 0.1) is 36.0 Å². The number of aromatic nitrogens is 3. The average Bonchev–Trinajstić information content (AvgIpc) is 3.33. The molecule has 0 amide bonds. The van der Waals surface area contributed by atoms with Crippen LogP contribution in [0.15, 0.2) is 41.6 Å². The number of nitrogens with zero attached hydrogens (tertiary/aromatic N) is 4. The molecule has 0 radical (unpaired) electrons. The Hall–Kier alpha value is -3.05. The Kier molecular flexibility index (Phi) is 5.87. The van der Waals surface area contributed by atoms with Crippen molar-refractivity contribution in [1.29, 1.82) is 0 Å². The Morgan fingerprint density at radius 2 is 2.09 bits per heavy atom. The summed E-state index contributed by atoms with van der Waals surface area (Å²) in [4.78, 5) is 15.3. The van der Waals surface area contributed by atoms with Crippen molar-refractivity contribution >= 4 is 26.9 Å². The van der Waals surface area contributed by atoms with Crippen LogP contribution in [0.25, 0.3) is 10.9 Å². The van der Waals surface area contributed by atoms with Crippen LogP contribution in [0.5, 0.6) is 5.75 Å². The van der Waals surface area contributed by atoms with Crippen LogP contribution in [-0.4, -0.2) is 57.8 Å². The Labute approximate surface area is 184 Å². The van der Waals surface area contributed by atoms with Gasteiger partial charge in [0.15, 0.2) is 5.03 Å². The summed E-state index contributed by atoms with van der Waals surface area (Å²) in [5.74, 6) is -1.04. The van der Waals surface area contributed by atoms with Crippen molar-refractivity contribution < 1.29 is 27.4 Å². The van der Waals surface area contributed by atoms with Gasteiger partial charge in [0.25, 0.3) is 10.0 Å². The minimum absolute atomic E-state index is 0.0571. The fourth-order valence-corrected chi connectivity index (χ4v) is 5.25. The highest BCUT2D eigenvalue weighted by atomic mass is 32.2. The Morgan fingerprint density at radius 1 is 1.31 bits per heavy atom. The first-order chi connectivity index (χ1) is 15.1. The molecule has 9 nitrogen and oxygen atoms in total. The summed E-state index contributed by atoms with van der Waals surface area (Å²) >= 11 is 0. The molecular formula is C21H23FN4O5S. The molecule has 1 aliphatic heterocycles. The molecule has 0 aliphatic carbocycles. The monoisotopic (exact) mass is 462 g/mol. The number of rotatable bonds is 7. The van der Waals surface area contributed by atoms with E-state index in [4.69, 9.17) is 4.74 Å². The molecule has 32 heavy (non-hydrogen) atoms. The highest BCUT2D eigenvalue weighted by molar-refractivity contribution is 7.89. The van der Waals surface area contributed by atoms with Gasteiger partial charge in [-0.05, 0) is 50.6 Å². The van der Waals surface area contributed by atoms with Gasteiger partial charge < -0.3 is 9.84 Å². The van der Waals surface area contributed by atoms with Gasteiger partial charge in [0, 0.05) is 18.5 Å². The standard InChI is InChI=1S/C21H23FN4O5S/c1-13(2)31-16-4-6-20(23-11-16)32(29,30)25-8-7-15(12-25)26-19-9-14(22)3-5-17(19)18(24-26)10-21(27)28/h3-6,9,11,13,15H,7-8,10,12H2,1-2H3,(H,27,28)/t15-/m1/s1. The van der Waals surface area contributed by atoms with Gasteiger partial charge in [-0.3, -0.25) is 9.48 Å². The predicted octanol–water partition coefficient (Wildman–Crippen LogP) is 2.62. The van der Waals surface area contributed by atoms with Crippen molar-refractivity contribution in [3.8, 4) is 5.75 Å². The van der Waals surface area contributed by atoms with Crippen molar-refractivity contribution in [3.05, 3.63) is 48.0 Å². The molecular weight excluding hydrogens is 439 g/mol. The van der Waals surface area contributed by atoms with Crippen molar-refractivity contribution in [2.45, 2.75) is 43.9 Å². The number of carboxylic acids is 1. The third kappa shape index (κ3) is 4.30. The van der Waals surface area contributed by atoms with E-state index in [1.165, 1.54) is 34.8 Å². The van der Waals surface area contributed by atoms with Gasteiger partial charge in [0.1, 0.15) is 11.6 Å². The molecule has 1 aromatic carbocycles. The lowest BCUT2D eigenvalue weighted by atomic mass is 10.1. The molecule has 0 saturated carbocycles. The van der Waals surface area contributed by atoms with E-state index in [1.807, 2.05) is 13.8 Å². The maximum absolute atomic E-state index is 13.9. The number of carboxylic acid groups (broad SMARTS) is 1. The van der Waals surface area contributed by atoms with Gasteiger partial charge in [-0.1, -0.05) is 0 Å². The summed E-state index contributed by atoms with van der Waals surface area (Å²) in [7, 11) is -3.84. The SMILES string of the molecule is CC(C)Oc1ccc(S(=O)(=O)N2CC[C@@H](n3nc(CC(=O)O)c4ccc(F)cc43)C2)nc1. The number of halogens is 1. The van der Waals surface area contributed by atoms with E-state index in [-0.39, 0.29) is 36.7 Å². The smallest absolute Gasteiger partial charge is 0.309 e. The van der Waals surface area contributed by atoms with Crippen LogP contribution in [0.2, 0.25) is 0 Å². The van der Waals surface area contributed by atoms with Gasteiger partial charge >= 0.3 is 5.97 Å². The number of pyridine rings is 1. The zero-order chi connectivity index (χ0) is 23.0. The molecule has 170 valence electrons. The molecule has 4 rings (SSSR count). The van der Waals surface area contributed by atoms with Crippen LogP contribution in [0, 0.1) is 5.82 Å². The fraction of sp³-hybridized carbons (Fsp3) is 0.381. The summed E-state index contributed by atoms with van der Waals surface area (Å²) in [6.45, 7) is 4.08. The number of aliphatic carboxylic acids is 1. The minimum Gasteiger partial charge on any atom is -0.489 e.